The van der Waals surface area contributed by atoms with Crippen LogP contribution in [0, 0.1) is 0 Å². The third-order valence-electron chi connectivity index (χ3n) is 5.14. The van der Waals surface area contributed by atoms with E-state index >= 15 is 0 Å². The fourth-order valence-corrected chi connectivity index (χ4v) is 3.74. The average molecular weight is 403 g/mol. The predicted molar refractivity (Wildman–Crippen MR) is 116 cm³/mol. The van der Waals surface area contributed by atoms with Gasteiger partial charge in [-0.3, -0.25) is 4.79 Å². The second kappa shape index (κ2) is 8.11. The largest absolute Gasteiger partial charge is 0.497 e. The molecule has 1 atom stereocenters. The second-order valence-electron chi connectivity index (χ2n) is 7.94. The standard InChI is InChI=1S/C25H25NO4/c1-25(2)16-22(20-12-11-18(28-3)15-23(20)30-25)26-24(27)21(14-19-10-7-13-29-19)17-8-5-4-6-9-17/h4-15,22H,16H2,1-3H3,(H,26,27)/b21-14+/t22-/m1/s1. The van der Waals surface area contributed by atoms with Crippen molar-refractivity contribution < 1.29 is 18.7 Å². The van der Waals surface area contributed by atoms with Gasteiger partial charge < -0.3 is 19.2 Å². The number of fused-ring (bicyclic) bond motifs is 1. The Kier molecular flexibility index (Phi) is 5.36. The minimum atomic E-state index is -0.422. The third kappa shape index (κ3) is 4.25. The van der Waals surface area contributed by atoms with Gasteiger partial charge in [-0.05, 0) is 49.8 Å². The normalized spacial score (nSPS) is 17.6. The molecule has 1 amide bonds. The Morgan fingerprint density at radius 2 is 1.93 bits per heavy atom. The van der Waals surface area contributed by atoms with Gasteiger partial charge >= 0.3 is 0 Å². The number of rotatable bonds is 5. The molecule has 5 heteroatoms. The molecule has 3 aromatic rings. The van der Waals surface area contributed by atoms with Crippen LogP contribution in [0.15, 0.2) is 71.3 Å². The highest BCUT2D eigenvalue weighted by Crippen LogP contribution is 2.41. The Balaban J connectivity index is 1.67. The van der Waals surface area contributed by atoms with E-state index < -0.39 is 5.60 Å². The molecule has 1 N–H and O–H groups in total. The summed E-state index contributed by atoms with van der Waals surface area (Å²) < 4.78 is 16.9. The molecule has 1 aromatic heterocycles. The highest BCUT2D eigenvalue weighted by Gasteiger charge is 2.35. The summed E-state index contributed by atoms with van der Waals surface area (Å²) in [5.74, 6) is 1.91. The Bertz CT molecular complexity index is 1050. The molecule has 1 aliphatic heterocycles. The van der Waals surface area contributed by atoms with Crippen molar-refractivity contribution in [3.8, 4) is 11.5 Å². The molecule has 1 aliphatic rings. The molecule has 2 aromatic carbocycles. The fraction of sp³-hybridized carbons (Fsp3) is 0.240. The summed E-state index contributed by atoms with van der Waals surface area (Å²) in [5, 5.41) is 3.21. The van der Waals surface area contributed by atoms with Gasteiger partial charge in [0, 0.05) is 18.1 Å². The van der Waals surface area contributed by atoms with Gasteiger partial charge in [-0.1, -0.05) is 30.3 Å². The molecule has 0 fully saturated rings. The Labute approximate surface area is 176 Å². The van der Waals surface area contributed by atoms with E-state index in [4.69, 9.17) is 13.9 Å². The van der Waals surface area contributed by atoms with E-state index in [1.165, 1.54) is 0 Å². The van der Waals surface area contributed by atoms with Crippen LogP contribution in [0.3, 0.4) is 0 Å². The van der Waals surface area contributed by atoms with Crippen LogP contribution in [-0.4, -0.2) is 18.6 Å². The zero-order valence-electron chi connectivity index (χ0n) is 17.3. The lowest BCUT2D eigenvalue weighted by Crippen LogP contribution is -2.41. The van der Waals surface area contributed by atoms with E-state index in [0.29, 0.717) is 17.8 Å². The SMILES string of the molecule is COc1ccc2c(c1)OC(C)(C)C[C@H]2NC(=O)/C(=C/c1ccco1)c1ccccc1. The van der Waals surface area contributed by atoms with Crippen molar-refractivity contribution in [1.29, 1.82) is 0 Å². The van der Waals surface area contributed by atoms with Gasteiger partial charge in [-0.25, -0.2) is 0 Å². The van der Waals surface area contributed by atoms with Gasteiger partial charge in [0.15, 0.2) is 0 Å². The van der Waals surface area contributed by atoms with Crippen molar-refractivity contribution in [3.05, 3.63) is 83.8 Å². The summed E-state index contributed by atoms with van der Waals surface area (Å²) in [6, 6.07) is 18.7. The number of hydrogen-bond donors (Lipinski definition) is 1. The molecule has 4 rings (SSSR count). The second-order valence-corrected chi connectivity index (χ2v) is 7.94. The molecule has 0 saturated heterocycles. The van der Waals surface area contributed by atoms with Crippen LogP contribution >= 0.6 is 0 Å². The smallest absolute Gasteiger partial charge is 0.252 e. The number of benzene rings is 2. The molecule has 0 aliphatic carbocycles. The van der Waals surface area contributed by atoms with Crippen molar-refractivity contribution in [1.82, 2.24) is 5.32 Å². The summed E-state index contributed by atoms with van der Waals surface area (Å²) in [5.41, 5.74) is 1.89. The van der Waals surface area contributed by atoms with Crippen molar-refractivity contribution in [2.75, 3.05) is 7.11 Å². The first-order valence-corrected chi connectivity index (χ1v) is 9.94. The molecule has 0 radical (unpaired) electrons. The maximum Gasteiger partial charge on any atom is 0.252 e. The quantitative estimate of drug-likeness (QED) is 0.591. The lowest BCUT2D eigenvalue weighted by molar-refractivity contribution is -0.116. The number of carbonyl (C=O) groups is 1. The van der Waals surface area contributed by atoms with Crippen LogP contribution in [-0.2, 0) is 4.79 Å². The monoisotopic (exact) mass is 403 g/mol. The van der Waals surface area contributed by atoms with Gasteiger partial charge in [-0.15, -0.1) is 0 Å². The third-order valence-corrected chi connectivity index (χ3v) is 5.14. The minimum Gasteiger partial charge on any atom is -0.497 e. The highest BCUT2D eigenvalue weighted by molar-refractivity contribution is 6.24. The molecule has 0 unspecified atom stereocenters. The highest BCUT2D eigenvalue weighted by atomic mass is 16.5. The maximum absolute atomic E-state index is 13.4. The van der Waals surface area contributed by atoms with Gasteiger partial charge in [0.1, 0.15) is 22.9 Å². The molecular weight excluding hydrogens is 378 g/mol. The molecule has 154 valence electrons. The number of furan rings is 1. The predicted octanol–water partition coefficient (Wildman–Crippen LogP) is 5.25. The minimum absolute atomic E-state index is 0.165. The summed E-state index contributed by atoms with van der Waals surface area (Å²) in [7, 11) is 1.63. The zero-order valence-corrected chi connectivity index (χ0v) is 17.3. The maximum atomic E-state index is 13.4. The summed E-state index contributed by atoms with van der Waals surface area (Å²) in [4.78, 5) is 13.4. The lowest BCUT2D eigenvalue weighted by Gasteiger charge is -2.38. The number of nitrogens with one attached hydrogen (secondary N) is 1. The summed E-state index contributed by atoms with van der Waals surface area (Å²) >= 11 is 0. The van der Waals surface area contributed by atoms with Crippen LogP contribution in [0.4, 0.5) is 0 Å². The van der Waals surface area contributed by atoms with E-state index in [-0.39, 0.29) is 11.9 Å². The van der Waals surface area contributed by atoms with Crippen molar-refractivity contribution in [2.24, 2.45) is 0 Å². The number of amides is 1. The van der Waals surface area contributed by atoms with E-state index in [1.54, 1.807) is 25.5 Å². The zero-order chi connectivity index (χ0) is 21.1. The summed E-state index contributed by atoms with van der Waals surface area (Å²) in [6.45, 7) is 4.04. The number of methoxy groups -OCH3 is 1. The van der Waals surface area contributed by atoms with E-state index in [9.17, 15) is 4.79 Å². The summed E-state index contributed by atoms with van der Waals surface area (Å²) in [6.07, 6.45) is 4.02. The number of ether oxygens (including phenoxy) is 2. The van der Waals surface area contributed by atoms with Crippen LogP contribution in [0.25, 0.3) is 11.6 Å². The fourth-order valence-electron chi connectivity index (χ4n) is 3.74. The van der Waals surface area contributed by atoms with Gasteiger partial charge in [0.25, 0.3) is 5.91 Å². The molecule has 0 saturated carbocycles. The molecule has 2 heterocycles. The molecule has 0 spiro atoms. The van der Waals surface area contributed by atoms with Gasteiger partial charge in [0.05, 0.1) is 25.0 Å². The first-order valence-electron chi connectivity index (χ1n) is 9.94. The van der Waals surface area contributed by atoms with Crippen LogP contribution in [0.5, 0.6) is 11.5 Å². The van der Waals surface area contributed by atoms with Crippen LogP contribution < -0.4 is 14.8 Å². The first-order chi connectivity index (χ1) is 14.4. The average Bonchev–Trinajstić information content (AvgIpc) is 3.24. The lowest BCUT2D eigenvalue weighted by atomic mass is 9.89. The van der Waals surface area contributed by atoms with Crippen molar-refractivity contribution in [3.63, 3.8) is 0 Å². The Morgan fingerprint density at radius 1 is 1.13 bits per heavy atom. The van der Waals surface area contributed by atoms with Crippen molar-refractivity contribution >= 4 is 17.6 Å². The number of hydrogen-bond acceptors (Lipinski definition) is 4. The van der Waals surface area contributed by atoms with Gasteiger partial charge in [0.2, 0.25) is 0 Å². The Morgan fingerprint density at radius 3 is 2.63 bits per heavy atom. The van der Waals surface area contributed by atoms with Crippen molar-refractivity contribution in [2.45, 2.75) is 31.9 Å². The van der Waals surface area contributed by atoms with E-state index in [1.807, 2.05) is 68.4 Å². The molecule has 30 heavy (non-hydrogen) atoms. The number of carbonyl (C=O) groups excluding carboxylic acids is 1. The molecule has 0 bridgehead atoms. The Hall–Kier alpha value is -3.47. The molecular formula is C25H25NO4. The van der Waals surface area contributed by atoms with E-state index in [0.717, 1.165) is 22.6 Å². The van der Waals surface area contributed by atoms with Crippen LogP contribution in [0.2, 0.25) is 0 Å². The van der Waals surface area contributed by atoms with E-state index in [2.05, 4.69) is 5.32 Å². The van der Waals surface area contributed by atoms with Crippen LogP contribution in [0.1, 0.15) is 43.2 Å². The first kappa shape index (κ1) is 19.8. The van der Waals surface area contributed by atoms with Gasteiger partial charge in [-0.2, -0.15) is 0 Å². The topological polar surface area (TPSA) is 60.7 Å². The molecule has 5 nitrogen and oxygen atoms in total.